The van der Waals surface area contributed by atoms with Gasteiger partial charge in [-0.3, -0.25) is 0 Å². The van der Waals surface area contributed by atoms with Crippen LogP contribution in [0, 0.1) is 0 Å². The van der Waals surface area contributed by atoms with Crippen molar-refractivity contribution in [2.75, 3.05) is 0 Å². The minimum atomic E-state index is -0.903. The van der Waals surface area contributed by atoms with E-state index in [1.165, 1.54) is 6.92 Å². The van der Waals surface area contributed by atoms with E-state index in [2.05, 4.69) is 0 Å². The van der Waals surface area contributed by atoms with Gasteiger partial charge in [-0.25, -0.2) is 4.79 Å². The van der Waals surface area contributed by atoms with Crippen molar-refractivity contribution < 1.29 is 13.9 Å². The number of esters is 1. The number of allylic oxidation sites excluding steroid dienone is 1. The first-order valence-electron chi connectivity index (χ1n) is 3.42. The summed E-state index contributed by atoms with van der Waals surface area (Å²) in [6.07, 6.45) is 1.08. The lowest BCUT2D eigenvalue weighted by atomic mass is 10.2. The molecule has 0 amide bonds. The summed E-state index contributed by atoms with van der Waals surface area (Å²) in [5.74, 6) is -1.75. The summed E-state index contributed by atoms with van der Waals surface area (Å²) in [4.78, 5) is 10.7. The monoisotopic (exact) mass is 160 g/mol. The molecule has 0 aliphatic carbocycles. The van der Waals surface area contributed by atoms with Crippen LogP contribution in [0.2, 0.25) is 0 Å². The van der Waals surface area contributed by atoms with Gasteiger partial charge in [0, 0.05) is 0 Å². The summed E-state index contributed by atoms with van der Waals surface area (Å²) in [7, 11) is 0. The van der Waals surface area contributed by atoms with E-state index in [-0.39, 0.29) is 0 Å². The molecule has 0 radical (unpaired) electrons. The molecule has 0 aliphatic heterocycles. The van der Waals surface area contributed by atoms with Crippen molar-refractivity contribution in [1.82, 2.24) is 0 Å². The van der Waals surface area contributed by atoms with Gasteiger partial charge in [-0.05, 0) is 33.8 Å². The average molecular weight is 160 g/mol. The highest BCUT2D eigenvalue weighted by Gasteiger charge is 2.18. The third-order valence-corrected chi connectivity index (χ3v) is 0.847. The maximum atomic E-state index is 12.4. The number of carbonyl (C=O) groups excluding carboxylic acids is 1. The molecule has 0 spiro atoms. The van der Waals surface area contributed by atoms with Gasteiger partial charge in [-0.2, -0.15) is 4.39 Å². The molecule has 0 aromatic carbocycles. The Bertz CT molecular complexity index is 177. The quantitative estimate of drug-likeness (QED) is 0.434. The molecule has 0 bridgehead atoms. The largest absolute Gasteiger partial charge is 0.455 e. The Morgan fingerprint density at radius 1 is 1.45 bits per heavy atom. The van der Waals surface area contributed by atoms with Crippen molar-refractivity contribution in [2.45, 2.75) is 33.3 Å². The Morgan fingerprint density at radius 3 is 2.18 bits per heavy atom. The highest BCUT2D eigenvalue weighted by atomic mass is 19.1. The zero-order valence-electron chi connectivity index (χ0n) is 7.27. The third kappa shape index (κ3) is 4.53. The molecule has 0 fully saturated rings. The van der Waals surface area contributed by atoms with Gasteiger partial charge in [0.25, 0.3) is 0 Å². The lowest BCUT2D eigenvalue weighted by molar-refractivity contribution is -0.151. The summed E-state index contributed by atoms with van der Waals surface area (Å²) in [6.45, 7) is 6.51. The van der Waals surface area contributed by atoms with Gasteiger partial charge in [0.1, 0.15) is 5.60 Å². The molecular weight excluding hydrogens is 147 g/mol. The topological polar surface area (TPSA) is 26.3 Å². The number of ether oxygens (including phenoxy) is 1. The molecule has 0 rings (SSSR count). The molecule has 0 aromatic rings. The maximum Gasteiger partial charge on any atom is 0.367 e. The summed E-state index contributed by atoms with van der Waals surface area (Å²) < 4.78 is 17.2. The summed E-state index contributed by atoms with van der Waals surface area (Å²) >= 11 is 0. The van der Waals surface area contributed by atoms with Crippen molar-refractivity contribution in [3.63, 3.8) is 0 Å². The van der Waals surface area contributed by atoms with Crippen molar-refractivity contribution in [3.8, 4) is 0 Å². The Labute approximate surface area is 66.0 Å². The fraction of sp³-hybridized carbons (Fsp3) is 0.625. The van der Waals surface area contributed by atoms with E-state index < -0.39 is 17.4 Å². The summed E-state index contributed by atoms with van der Waals surface area (Å²) in [5.41, 5.74) is -0.628. The van der Waals surface area contributed by atoms with Crippen LogP contribution in [0.3, 0.4) is 0 Å². The van der Waals surface area contributed by atoms with Gasteiger partial charge < -0.3 is 4.74 Å². The van der Waals surface area contributed by atoms with Crippen LogP contribution in [0.15, 0.2) is 11.9 Å². The number of hydrogen-bond acceptors (Lipinski definition) is 2. The van der Waals surface area contributed by atoms with Crippen LogP contribution >= 0.6 is 0 Å². The van der Waals surface area contributed by atoms with Crippen LogP contribution in [-0.2, 0) is 9.53 Å². The zero-order chi connectivity index (χ0) is 9.07. The van der Waals surface area contributed by atoms with Crippen LogP contribution in [0.5, 0.6) is 0 Å². The molecule has 0 atom stereocenters. The van der Waals surface area contributed by atoms with E-state index in [1.807, 2.05) is 0 Å². The maximum absolute atomic E-state index is 12.4. The van der Waals surface area contributed by atoms with Crippen molar-refractivity contribution in [2.24, 2.45) is 0 Å². The molecular formula is C8H13FO2. The van der Waals surface area contributed by atoms with Gasteiger partial charge >= 0.3 is 5.97 Å². The van der Waals surface area contributed by atoms with Crippen LogP contribution in [-0.4, -0.2) is 11.6 Å². The van der Waals surface area contributed by atoms with Crippen molar-refractivity contribution in [1.29, 1.82) is 0 Å². The summed E-state index contributed by atoms with van der Waals surface area (Å²) in [5, 5.41) is 0. The van der Waals surface area contributed by atoms with E-state index in [4.69, 9.17) is 4.74 Å². The van der Waals surface area contributed by atoms with Crippen LogP contribution < -0.4 is 0 Å². The number of hydrogen-bond donors (Lipinski definition) is 0. The molecule has 11 heavy (non-hydrogen) atoms. The predicted molar refractivity (Wildman–Crippen MR) is 40.7 cm³/mol. The van der Waals surface area contributed by atoms with Crippen molar-refractivity contribution in [3.05, 3.63) is 11.9 Å². The van der Waals surface area contributed by atoms with Crippen LogP contribution in [0.1, 0.15) is 27.7 Å². The highest BCUT2D eigenvalue weighted by molar-refractivity contribution is 5.86. The SMILES string of the molecule is C/C=C(/F)C(=O)OC(C)(C)C. The van der Waals surface area contributed by atoms with Gasteiger partial charge in [0.15, 0.2) is 0 Å². The Hall–Kier alpha value is -0.860. The molecule has 0 heterocycles. The van der Waals surface area contributed by atoms with E-state index >= 15 is 0 Å². The minimum Gasteiger partial charge on any atom is -0.455 e. The third-order valence-electron chi connectivity index (χ3n) is 0.847. The average Bonchev–Trinajstić information content (AvgIpc) is 1.82. The molecule has 0 saturated heterocycles. The molecule has 0 aromatic heterocycles. The molecule has 0 unspecified atom stereocenters. The van der Waals surface area contributed by atoms with E-state index in [1.54, 1.807) is 20.8 Å². The number of rotatable bonds is 1. The van der Waals surface area contributed by atoms with Gasteiger partial charge in [-0.15, -0.1) is 0 Å². The molecule has 0 saturated carbocycles. The fourth-order valence-corrected chi connectivity index (χ4v) is 0.445. The first-order chi connectivity index (χ1) is 4.87. The Balaban J connectivity index is 4.10. The molecule has 64 valence electrons. The molecule has 3 heteroatoms. The van der Waals surface area contributed by atoms with Gasteiger partial charge in [-0.1, -0.05) is 0 Å². The Kier molecular flexibility index (Phi) is 3.23. The molecule has 2 nitrogen and oxygen atoms in total. The standard InChI is InChI=1S/C8H13FO2/c1-5-6(9)7(10)11-8(2,3)4/h5H,1-4H3/b6-5+. The smallest absolute Gasteiger partial charge is 0.367 e. The lowest BCUT2D eigenvalue weighted by Crippen LogP contribution is -2.23. The van der Waals surface area contributed by atoms with Crippen LogP contribution in [0.4, 0.5) is 4.39 Å². The molecule has 0 N–H and O–H groups in total. The van der Waals surface area contributed by atoms with Gasteiger partial charge in [0.2, 0.25) is 5.83 Å². The predicted octanol–water partition coefficient (Wildman–Crippen LogP) is 2.20. The first-order valence-corrected chi connectivity index (χ1v) is 3.42. The second-order valence-corrected chi connectivity index (χ2v) is 3.14. The number of carbonyl (C=O) groups is 1. The second kappa shape index (κ2) is 3.51. The summed E-state index contributed by atoms with van der Waals surface area (Å²) in [6, 6.07) is 0. The molecule has 0 aliphatic rings. The fourth-order valence-electron chi connectivity index (χ4n) is 0.445. The van der Waals surface area contributed by atoms with E-state index in [0.29, 0.717) is 0 Å². The second-order valence-electron chi connectivity index (χ2n) is 3.14. The lowest BCUT2D eigenvalue weighted by Gasteiger charge is -2.18. The van der Waals surface area contributed by atoms with Crippen LogP contribution in [0.25, 0.3) is 0 Å². The first kappa shape index (κ1) is 10.1. The Morgan fingerprint density at radius 2 is 1.91 bits per heavy atom. The van der Waals surface area contributed by atoms with E-state index in [0.717, 1.165) is 6.08 Å². The zero-order valence-corrected chi connectivity index (χ0v) is 7.27. The van der Waals surface area contributed by atoms with Crippen molar-refractivity contribution >= 4 is 5.97 Å². The van der Waals surface area contributed by atoms with E-state index in [9.17, 15) is 9.18 Å². The van der Waals surface area contributed by atoms with Gasteiger partial charge in [0.05, 0.1) is 0 Å². The number of halogens is 1. The minimum absolute atomic E-state index is 0.628. The highest BCUT2D eigenvalue weighted by Crippen LogP contribution is 2.10. The normalized spacial score (nSPS) is 13.0.